The molecule has 1 saturated heterocycles. The third-order valence-electron chi connectivity index (χ3n) is 5.24. The van der Waals surface area contributed by atoms with Crippen LogP contribution in [0.2, 0.25) is 0 Å². The maximum absolute atomic E-state index is 12.6. The summed E-state index contributed by atoms with van der Waals surface area (Å²) >= 11 is 0. The van der Waals surface area contributed by atoms with Crippen LogP contribution in [-0.4, -0.2) is 31.6 Å². The summed E-state index contributed by atoms with van der Waals surface area (Å²) in [6, 6.07) is 16.6. The van der Waals surface area contributed by atoms with Crippen molar-refractivity contribution < 1.29 is 9.53 Å². The Balaban J connectivity index is 1.43. The third-order valence-corrected chi connectivity index (χ3v) is 5.24. The zero-order valence-electron chi connectivity index (χ0n) is 16.6. The van der Waals surface area contributed by atoms with Gasteiger partial charge in [-0.15, -0.1) is 0 Å². The van der Waals surface area contributed by atoms with Gasteiger partial charge in [-0.2, -0.15) is 0 Å². The highest BCUT2D eigenvalue weighted by molar-refractivity contribution is 5.79. The Bertz CT molecular complexity index is 749. The Labute approximate surface area is 162 Å². The van der Waals surface area contributed by atoms with Gasteiger partial charge in [-0.1, -0.05) is 35.9 Å². The second kappa shape index (κ2) is 8.94. The second-order valence-electron chi connectivity index (χ2n) is 7.58. The van der Waals surface area contributed by atoms with Gasteiger partial charge >= 0.3 is 0 Å². The van der Waals surface area contributed by atoms with Crippen LogP contribution in [0.3, 0.4) is 0 Å². The van der Waals surface area contributed by atoms with Gasteiger partial charge in [0.15, 0.2) is 0 Å². The van der Waals surface area contributed by atoms with Crippen LogP contribution in [0.5, 0.6) is 5.75 Å². The molecule has 1 aliphatic heterocycles. The molecule has 0 aliphatic carbocycles. The van der Waals surface area contributed by atoms with Crippen LogP contribution in [0.15, 0.2) is 48.5 Å². The Morgan fingerprint density at radius 2 is 1.78 bits per heavy atom. The number of para-hydroxylation sites is 1. The van der Waals surface area contributed by atoms with Gasteiger partial charge in [-0.25, -0.2) is 0 Å². The molecule has 1 atom stereocenters. The number of piperidine rings is 1. The molecule has 1 amide bonds. The predicted octanol–water partition coefficient (Wildman–Crippen LogP) is 4.10. The number of hydrogen-bond acceptors (Lipinski definition) is 3. The Kier molecular flexibility index (Phi) is 6.38. The summed E-state index contributed by atoms with van der Waals surface area (Å²) in [5.74, 6) is 1.12. The quantitative estimate of drug-likeness (QED) is 0.837. The van der Waals surface area contributed by atoms with E-state index >= 15 is 0 Å². The second-order valence-corrected chi connectivity index (χ2v) is 7.58. The molecule has 1 fully saturated rings. The minimum absolute atomic E-state index is 0.00719. The van der Waals surface area contributed by atoms with Crippen molar-refractivity contribution in [3.05, 3.63) is 59.7 Å². The Morgan fingerprint density at radius 3 is 2.44 bits per heavy atom. The SMILES string of the molecule is Cc1ccc(N2CCC(C(=O)N[C@H](C)COc3ccccc3C)CC2)cc1. The molecule has 2 aromatic rings. The molecule has 0 bridgehead atoms. The zero-order valence-corrected chi connectivity index (χ0v) is 16.6. The van der Waals surface area contributed by atoms with Crippen LogP contribution >= 0.6 is 0 Å². The van der Waals surface area contributed by atoms with Gasteiger partial charge in [-0.3, -0.25) is 4.79 Å². The van der Waals surface area contributed by atoms with Crippen LogP contribution in [0.4, 0.5) is 5.69 Å². The number of carbonyl (C=O) groups excluding carboxylic acids is 1. The van der Waals surface area contributed by atoms with E-state index in [9.17, 15) is 4.79 Å². The maximum Gasteiger partial charge on any atom is 0.223 e. The first-order valence-electron chi connectivity index (χ1n) is 9.83. The fourth-order valence-corrected chi connectivity index (χ4v) is 3.49. The number of rotatable bonds is 6. The molecular weight excluding hydrogens is 336 g/mol. The first-order valence-corrected chi connectivity index (χ1v) is 9.83. The number of amides is 1. The average Bonchev–Trinajstić information content (AvgIpc) is 2.68. The average molecular weight is 367 g/mol. The summed E-state index contributed by atoms with van der Waals surface area (Å²) in [5.41, 5.74) is 3.63. The van der Waals surface area contributed by atoms with Crippen molar-refractivity contribution in [2.24, 2.45) is 5.92 Å². The lowest BCUT2D eigenvalue weighted by atomic mass is 9.95. The van der Waals surface area contributed by atoms with E-state index < -0.39 is 0 Å². The number of hydrogen-bond donors (Lipinski definition) is 1. The summed E-state index contributed by atoms with van der Waals surface area (Å²) < 4.78 is 5.85. The summed E-state index contributed by atoms with van der Waals surface area (Å²) in [5, 5.41) is 3.12. The van der Waals surface area contributed by atoms with E-state index in [2.05, 4.69) is 41.4 Å². The van der Waals surface area contributed by atoms with Gasteiger partial charge in [0.25, 0.3) is 0 Å². The van der Waals surface area contributed by atoms with Crippen LogP contribution < -0.4 is 15.0 Å². The van der Waals surface area contributed by atoms with E-state index in [-0.39, 0.29) is 17.9 Å². The molecule has 0 radical (unpaired) electrons. The maximum atomic E-state index is 12.6. The molecule has 0 saturated carbocycles. The van der Waals surface area contributed by atoms with Gasteiger partial charge < -0.3 is 15.0 Å². The lowest BCUT2D eigenvalue weighted by molar-refractivity contribution is -0.126. The number of nitrogens with one attached hydrogen (secondary N) is 1. The molecule has 2 aromatic carbocycles. The summed E-state index contributed by atoms with van der Waals surface area (Å²) in [6.07, 6.45) is 1.79. The van der Waals surface area contributed by atoms with E-state index in [1.165, 1.54) is 11.3 Å². The molecule has 27 heavy (non-hydrogen) atoms. The number of aryl methyl sites for hydroxylation is 2. The van der Waals surface area contributed by atoms with Crippen molar-refractivity contribution in [2.45, 2.75) is 39.7 Å². The highest BCUT2D eigenvalue weighted by atomic mass is 16.5. The van der Waals surface area contributed by atoms with E-state index in [0.717, 1.165) is 37.2 Å². The number of ether oxygens (including phenoxy) is 1. The van der Waals surface area contributed by atoms with E-state index in [1.54, 1.807) is 0 Å². The van der Waals surface area contributed by atoms with E-state index in [1.807, 2.05) is 38.1 Å². The van der Waals surface area contributed by atoms with Crippen molar-refractivity contribution in [3.63, 3.8) is 0 Å². The molecule has 1 N–H and O–H groups in total. The first-order chi connectivity index (χ1) is 13.0. The monoisotopic (exact) mass is 366 g/mol. The molecule has 4 heteroatoms. The predicted molar refractivity (Wildman–Crippen MR) is 110 cm³/mol. The summed E-state index contributed by atoms with van der Waals surface area (Å²) in [6.45, 7) is 8.46. The van der Waals surface area contributed by atoms with Gasteiger partial charge in [0.1, 0.15) is 12.4 Å². The topological polar surface area (TPSA) is 41.6 Å². The Hall–Kier alpha value is -2.49. The fourth-order valence-electron chi connectivity index (χ4n) is 3.49. The van der Waals surface area contributed by atoms with Crippen LogP contribution in [0.1, 0.15) is 30.9 Å². The number of anilines is 1. The van der Waals surface area contributed by atoms with Crippen molar-refractivity contribution in [3.8, 4) is 5.75 Å². The standard InChI is InChI=1S/C23H30N2O2/c1-17-8-10-21(11-9-17)25-14-12-20(13-15-25)23(26)24-19(3)16-27-22-7-5-4-6-18(22)2/h4-11,19-20H,12-16H2,1-3H3,(H,24,26)/t19-/m1/s1. The molecule has 1 aliphatic rings. The number of nitrogens with zero attached hydrogens (tertiary/aromatic N) is 1. The lowest BCUT2D eigenvalue weighted by Crippen LogP contribution is -2.44. The van der Waals surface area contributed by atoms with Crippen LogP contribution in [0.25, 0.3) is 0 Å². The number of carbonyl (C=O) groups is 1. The van der Waals surface area contributed by atoms with Crippen LogP contribution in [-0.2, 0) is 4.79 Å². The smallest absolute Gasteiger partial charge is 0.223 e. The van der Waals surface area contributed by atoms with Gasteiger partial charge in [0.2, 0.25) is 5.91 Å². The third kappa shape index (κ3) is 5.25. The fraction of sp³-hybridized carbons (Fsp3) is 0.435. The van der Waals surface area contributed by atoms with E-state index in [0.29, 0.717) is 6.61 Å². The van der Waals surface area contributed by atoms with Gasteiger partial charge in [0.05, 0.1) is 6.04 Å². The minimum atomic E-state index is -0.00719. The molecule has 3 rings (SSSR count). The lowest BCUT2D eigenvalue weighted by Gasteiger charge is -2.33. The van der Waals surface area contributed by atoms with Crippen molar-refractivity contribution in [2.75, 3.05) is 24.6 Å². The summed E-state index contributed by atoms with van der Waals surface area (Å²) in [7, 11) is 0. The van der Waals surface area contributed by atoms with Gasteiger partial charge in [0, 0.05) is 24.7 Å². The highest BCUT2D eigenvalue weighted by Crippen LogP contribution is 2.24. The van der Waals surface area contributed by atoms with Crippen molar-refractivity contribution in [1.29, 1.82) is 0 Å². The molecule has 0 spiro atoms. The molecule has 4 nitrogen and oxygen atoms in total. The largest absolute Gasteiger partial charge is 0.491 e. The Morgan fingerprint density at radius 1 is 1.11 bits per heavy atom. The molecule has 0 aromatic heterocycles. The molecule has 144 valence electrons. The highest BCUT2D eigenvalue weighted by Gasteiger charge is 2.26. The minimum Gasteiger partial charge on any atom is -0.491 e. The van der Waals surface area contributed by atoms with Crippen molar-refractivity contribution >= 4 is 11.6 Å². The van der Waals surface area contributed by atoms with Crippen LogP contribution in [0, 0.1) is 19.8 Å². The number of benzene rings is 2. The van der Waals surface area contributed by atoms with Gasteiger partial charge in [-0.05, 0) is 57.4 Å². The van der Waals surface area contributed by atoms with Crippen molar-refractivity contribution in [1.82, 2.24) is 5.32 Å². The van der Waals surface area contributed by atoms with E-state index in [4.69, 9.17) is 4.74 Å². The normalized spacial score (nSPS) is 16.0. The molecular formula is C23H30N2O2. The zero-order chi connectivity index (χ0) is 19.2. The summed E-state index contributed by atoms with van der Waals surface area (Å²) in [4.78, 5) is 15.0. The molecule has 0 unspecified atom stereocenters. The molecule has 1 heterocycles. The first kappa shape index (κ1) is 19.3.